The summed E-state index contributed by atoms with van der Waals surface area (Å²) in [5.41, 5.74) is 4.00. The number of benzene rings is 1. The number of piperidine rings is 3. The topological polar surface area (TPSA) is 39.7 Å². The molecule has 0 aliphatic carbocycles. The zero-order valence-electron chi connectivity index (χ0n) is 11.8. The molecule has 0 saturated carbocycles. The molecule has 3 saturated heterocycles. The van der Waals surface area contributed by atoms with Gasteiger partial charge in [-0.05, 0) is 84.4 Å². The molecule has 0 radical (unpaired) electrons. The average molecular weight is 414 g/mol. The molecule has 1 aromatic carbocycles. The summed E-state index contributed by atoms with van der Waals surface area (Å²) in [5.74, 6) is 0.759. The van der Waals surface area contributed by atoms with E-state index >= 15 is 0 Å². The largest absolute Gasteiger partial charge is 0.357 e. The van der Waals surface area contributed by atoms with E-state index in [-0.39, 0.29) is 0 Å². The zero-order chi connectivity index (χ0) is 14.7. The molecule has 0 spiro atoms. The lowest BCUT2D eigenvalue weighted by atomic mass is 9.84. The molecule has 4 nitrogen and oxygen atoms in total. The van der Waals surface area contributed by atoms with E-state index in [1.54, 1.807) is 6.21 Å². The van der Waals surface area contributed by atoms with Crippen LogP contribution in [0.2, 0.25) is 0 Å². The first-order chi connectivity index (χ1) is 10.2. The van der Waals surface area contributed by atoms with Crippen molar-refractivity contribution in [3.8, 4) is 0 Å². The molecule has 2 bridgehead atoms. The Bertz CT molecular complexity index is 540. The molecular formula is C15H19IN4S. The number of fused-ring (bicyclic) bond motifs is 3. The first-order valence-electron chi connectivity index (χ1n) is 7.28. The molecule has 3 heterocycles. The lowest BCUT2D eigenvalue weighted by Gasteiger charge is -2.45. The quantitative estimate of drug-likeness (QED) is 0.344. The molecule has 6 heteroatoms. The van der Waals surface area contributed by atoms with E-state index in [0.29, 0.717) is 11.2 Å². The van der Waals surface area contributed by atoms with Crippen molar-refractivity contribution < 1.29 is 0 Å². The lowest BCUT2D eigenvalue weighted by Crippen LogP contribution is -2.58. The number of hydrazone groups is 1. The Kier molecular flexibility index (Phi) is 5.07. The summed E-state index contributed by atoms with van der Waals surface area (Å²) in [7, 11) is 0. The first kappa shape index (κ1) is 15.2. The Hall–Kier alpha value is -0.730. The number of halogens is 1. The van der Waals surface area contributed by atoms with E-state index < -0.39 is 0 Å². The number of hydrogen-bond donors (Lipinski definition) is 2. The van der Waals surface area contributed by atoms with Crippen molar-refractivity contribution in [2.24, 2.45) is 11.0 Å². The third-order valence-corrected chi connectivity index (χ3v) is 5.08. The molecule has 0 aromatic heterocycles. The van der Waals surface area contributed by atoms with Gasteiger partial charge in [-0.25, -0.2) is 0 Å². The highest BCUT2D eigenvalue weighted by molar-refractivity contribution is 14.1. The third kappa shape index (κ3) is 4.14. The van der Waals surface area contributed by atoms with Gasteiger partial charge in [-0.2, -0.15) is 5.10 Å². The number of thiocarbonyl (C=S) groups is 1. The summed E-state index contributed by atoms with van der Waals surface area (Å²) in [6.45, 7) is 3.59. The van der Waals surface area contributed by atoms with Crippen molar-refractivity contribution in [1.82, 2.24) is 15.6 Å². The van der Waals surface area contributed by atoms with Crippen LogP contribution in [-0.4, -0.2) is 41.9 Å². The summed E-state index contributed by atoms with van der Waals surface area (Å²) < 4.78 is 1.20. The summed E-state index contributed by atoms with van der Waals surface area (Å²) in [5, 5.41) is 8.25. The molecule has 0 unspecified atom stereocenters. The molecule has 0 amide bonds. The monoisotopic (exact) mass is 414 g/mol. The molecule has 1 atom stereocenters. The van der Waals surface area contributed by atoms with E-state index in [0.717, 1.165) is 18.0 Å². The normalized spacial score (nSPS) is 27.8. The van der Waals surface area contributed by atoms with Crippen LogP contribution in [0.5, 0.6) is 0 Å². The van der Waals surface area contributed by atoms with Crippen LogP contribution < -0.4 is 10.7 Å². The molecule has 3 aliphatic rings. The second-order valence-electron chi connectivity index (χ2n) is 5.64. The lowest BCUT2D eigenvalue weighted by molar-refractivity contribution is 0.0812. The van der Waals surface area contributed by atoms with Crippen molar-refractivity contribution in [1.29, 1.82) is 0 Å². The Balaban J connectivity index is 1.48. The van der Waals surface area contributed by atoms with Crippen LogP contribution in [-0.2, 0) is 0 Å². The molecule has 3 fully saturated rings. The number of hydrogen-bond acceptors (Lipinski definition) is 3. The summed E-state index contributed by atoms with van der Waals surface area (Å²) in [6.07, 6.45) is 4.37. The van der Waals surface area contributed by atoms with Crippen LogP contribution in [0.1, 0.15) is 18.4 Å². The van der Waals surface area contributed by atoms with Gasteiger partial charge in [0.05, 0.1) is 6.21 Å². The second kappa shape index (κ2) is 7.02. The van der Waals surface area contributed by atoms with E-state index in [4.69, 9.17) is 12.2 Å². The zero-order valence-corrected chi connectivity index (χ0v) is 14.7. The fourth-order valence-corrected chi connectivity index (χ4v) is 3.85. The maximum atomic E-state index is 5.34. The highest BCUT2D eigenvalue weighted by Gasteiger charge is 2.34. The maximum Gasteiger partial charge on any atom is 0.187 e. The Morgan fingerprint density at radius 2 is 2.19 bits per heavy atom. The van der Waals surface area contributed by atoms with Crippen LogP contribution in [0, 0.1) is 9.49 Å². The van der Waals surface area contributed by atoms with Crippen molar-refractivity contribution >= 4 is 46.1 Å². The van der Waals surface area contributed by atoms with Gasteiger partial charge in [0.2, 0.25) is 0 Å². The van der Waals surface area contributed by atoms with Gasteiger partial charge in [0.25, 0.3) is 0 Å². The molecule has 1 aromatic rings. The van der Waals surface area contributed by atoms with E-state index in [1.807, 2.05) is 12.1 Å². The fourth-order valence-electron chi connectivity index (χ4n) is 3.08. The summed E-state index contributed by atoms with van der Waals surface area (Å²) in [6, 6.07) is 8.66. The van der Waals surface area contributed by atoms with Crippen molar-refractivity contribution in [2.45, 2.75) is 18.9 Å². The minimum atomic E-state index is 0.473. The third-order valence-electron chi connectivity index (χ3n) is 4.20. The maximum absolute atomic E-state index is 5.34. The molecule has 21 heavy (non-hydrogen) atoms. The summed E-state index contributed by atoms with van der Waals surface area (Å²) >= 11 is 7.63. The van der Waals surface area contributed by atoms with Gasteiger partial charge in [0, 0.05) is 16.2 Å². The van der Waals surface area contributed by atoms with Gasteiger partial charge in [0.1, 0.15) is 0 Å². The van der Waals surface area contributed by atoms with Gasteiger partial charge in [0.15, 0.2) is 5.11 Å². The van der Waals surface area contributed by atoms with E-state index in [1.165, 1.54) is 29.5 Å². The van der Waals surface area contributed by atoms with Crippen molar-refractivity contribution in [3.63, 3.8) is 0 Å². The minimum Gasteiger partial charge on any atom is -0.357 e. The summed E-state index contributed by atoms with van der Waals surface area (Å²) in [4.78, 5) is 2.51. The van der Waals surface area contributed by atoms with E-state index in [2.05, 4.69) is 55.5 Å². The fraction of sp³-hybridized carbons (Fsp3) is 0.467. The van der Waals surface area contributed by atoms with Crippen LogP contribution in [0.3, 0.4) is 0 Å². The Morgan fingerprint density at radius 3 is 2.86 bits per heavy atom. The van der Waals surface area contributed by atoms with Crippen LogP contribution in [0.15, 0.2) is 29.4 Å². The van der Waals surface area contributed by atoms with Gasteiger partial charge in [-0.1, -0.05) is 12.1 Å². The van der Waals surface area contributed by atoms with E-state index in [9.17, 15) is 0 Å². The molecule has 112 valence electrons. The highest BCUT2D eigenvalue weighted by Crippen LogP contribution is 2.27. The van der Waals surface area contributed by atoms with Crippen LogP contribution >= 0.6 is 34.8 Å². The number of nitrogens with one attached hydrogen (secondary N) is 2. The van der Waals surface area contributed by atoms with Gasteiger partial charge in [-0.3, -0.25) is 5.43 Å². The Labute approximate surface area is 144 Å². The predicted octanol–water partition coefficient (Wildman–Crippen LogP) is 2.18. The average Bonchev–Trinajstić information content (AvgIpc) is 2.48. The SMILES string of the molecule is S=C(N/N=C/c1cccc(I)c1)N[C@@H]1CN2CCC1CC2. The standard InChI is InChI=1S/C15H19IN4S/c16-13-3-1-2-11(8-13)9-17-19-15(21)18-14-10-20-6-4-12(14)5-7-20/h1-3,8-9,12,14H,4-7,10H2,(H2,18,19,21)/b17-9+/t14-/m1/s1. The smallest absolute Gasteiger partial charge is 0.187 e. The van der Waals surface area contributed by atoms with Crippen molar-refractivity contribution in [3.05, 3.63) is 33.4 Å². The number of nitrogens with zero attached hydrogens (tertiary/aromatic N) is 2. The van der Waals surface area contributed by atoms with Crippen LogP contribution in [0.4, 0.5) is 0 Å². The Morgan fingerprint density at radius 1 is 1.38 bits per heavy atom. The van der Waals surface area contributed by atoms with Crippen LogP contribution in [0.25, 0.3) is 0 Å². The first-order valence-corrected chi connectivity index (χ1v) is 8.77. The van der Waals surface area contributed by atoms with Crippen molar-refractivity contribution in [2.75, 3.05) is 19.6 Å². The van der Waals surface area contributed by atoms with Gasteiger partial charge < -0.3 is 10.2 Å². The van der Waals surface area contributed by atoms with Gasteiger partial charge in [-0.15, -0.1) is 0 Å². The molecule has 2 N–H and O–H groups in total. The predicted molar refractivity (Wildman–Crippen MR) is 98.6 cm³/mol. The van der Waals surface area contributed by atoms with Gasteiger partial charge >= 0.3 is 0 Å². The molecule has 3 aliphatic heterocycles. The number of rotatable bonds is 3. The highest BCUT2D eigenvalue weighted by atomic mass is 127. The second-order valence-corrected chi connectivity index (χ2v) is 7.30. The minimum absolute atomic E-state index is 0.473. The molecule has 4 rings (SSSR count). The molecular weight excluding hydrogens is 395 g/mol.